The van der Waals surface area contributed by atoms with E-state index in [-0.39, 0.29) is 34.6 Å². The van der Waals surface area contributed by atoms with Crippen LogP contribution in [0.3, 0.4) is 0 Å². The minimum absolute atomic E-state index is 0.0112. The number of benzene rings is 1. The fourth-order valence-corrected chi connectivity index (χ4v) is 7.96. The molecule has 2 aromatic rings. The predicted molar refractivity (Wildman–Crippen MR) is 150 cm³/mol. The van der Waals surface area contributed by atoms with E-state index in [4.69, 9.17) is 9.47 Å². The van der Waals surface area contributed by atoms with Gasteiger partial charge in [0.1, 0.15) is 23.4 Å². The van der Waals surface area contributed by atoms with Crippen molar-refractivity contribution in [2.75, 3.05) is 32.8 Å². The van der Waals surface area contributed by atoms with Crippen LogP contribution in [0.2, 0.25) is 0 Å². The quantitative estimate of drug-likeness (QED) is 0.426. The largest absolute Gasteiger partial charge is 0.491 e. The number of aliphatic hydroxyl groups excluding tert-OH is 1. The number of sulfone groups is 1. The van der Waals surface area contributed by atoms with Crippen LogP contribution in [-0.4, -0.2) is 87.1 Å². The summed E-state index contributed by atoms with van der Waals surface area (Å²) in [5, 5.41) is 13.2. The van der Waals surface area contributed by atoms with Gasteiger partial charge in [-0.1, -0.05) is 12.1 Å². The number of aromatic nitrogens is 1. The second-order valence-electron chi connectivity index (χ2n) is 11.1. The summed E-state index contributed by atoms with van der Waals surface area (Å²) in [5.74, 6) is 0.387. The summed E-state index contributed by atoms with van der Waals surface area (Å²) >= 11 is 0. The number of nitrogens with one attached hydrogen (secondary N) is 1. The van der Waals surface area contributed by atoms with Crippen molar-refractivity contribution in [2.45, 2.75) is 72.3 Å². The lowest BCUT2D eigenvalue weighted by Crippen LogP contribution is -2.47. The number of nitrogens with zero attached hydrogens (tertiary/aromatic N) is 2. The van der Waals surface area contributed by atoms with E-state index >= 15 is 0 Å². The SMILES string of the molecule is CC(C)S(=O)(=O)c1cccc(OC[C@@H](O)CN[C@H]2COC3(CCN(S(=O)(=O)c4cnc5c(c4)CC=C5)CC3)C2)c1. The topological polar surface area (TPSA) is 135 Å². The summed E-state index contributed by atoms with van der Waals surface area (Å²) in [6, 6.07) is 8.07. The van der Waals surface area contributed by atoms with Crippen LogP contribution in [0.5, 0.6) is 5.75 Å². The zero-order chi connectivity index (χ0) is 28.5. The lowest BCUT2D eigenvalue weighted by Gasteiger charge is -2.38. The normalized spacial score (nSPS) is 21.6. The molecule has 0 amide bonds. The molecule has 12 heteroatoms. The standard InChI is InChI=1S/C28H37N3O7S2/c1-20(2)39(33,34)25-7-4-6-24(14-25)37-19-23(32)16-29-22-15-28(38-18-22)9-11-31(12-10-28)40(35,36)26-13-21-5-3-8-27(21)30-17-26/h3-4,6-8,13-14,17,20,22-23,29,32H,5,9-12,15-16,18-19H2,1-2H3/t22-,23+/m1/s1. The Labute approximate surface area is 236 Å². The van der Waals surface area contributed by atoms with E-state index in [2.05, 4.69) is 10.3 Å². The van der Waals surface area contributed by atoms with Crippen LogP contribution in [0.4, 0.5) is 0 Å². The Morgan fingerprint density at radius 3 is 2.70 bits per heavy atom. The van der Waals surface area contributed by atoms with Crippen molar-refractivity contribution in [3.63, 3.8) is 0 Å². The van der Waals surface area contributed by atoms with Gasteiger partial charge >= 0.3 is 0 Å². The van der Waals surface area contributed by atoms with Gasteiger partial charge in [-0.25, -0.2) is 16.8 Å². The molecule has 2 atom stereocenters. The van der Waals surface area contributed by atoms with E-state index in [1.54, 1.807) is 32.0 Å². The molecule has 3 aliphatic rings. The molecule has 1 aliphatic carbocycles. The molecule has 0 bridgehead atoms. The van der Waals surface area contributed by atoms with Crippen molar-refractivity contribution < 1.29 is 31.4 Å². The average Bonchev–Trinajstić information content (AvgIpc) is 3.57. The van der Waals surface area contributed by atoms with Gasteiger partial charge in [-0.3, -0.25) is 4.98 Å². The summed E-state index contributed by atoms with van der Waals surface area (Å²) < 4.78 is 64.6. The third kappa shape index (κ3) is 6.12. The first kappa shape index (κ1) is 29.2. The Morgan fingerprint density at radius 2 is 1.95 bits per heavy atom. The third-order valence-electron chi connectivity index (χ3n) is 7.91. The van der Waals surface area contributed by atoms with Crippen molar-refractivity contribution in [1.29, 1.82) is 0 Å². The molecule has 2 saturated heterocycles. The monoisotopic (exact) mass is 591 g/mol. The maximum Gasteiger partial charge on any atom is 0.244 e. The number of hydrogen-bond acceptors (Lipinski definition) is 9. The molecule has 2 aliphatic heterocycles. The lowest BCUT2D eigenvalue weighted by atomic mass is 9.88. The second kappa shape index (κ2) is 11.5. The highest BCUT2D eigenvalue weighted by Crippen LogP contribution is 2.37. The van der Waals surface area contributed by atoms with E-state index in [9.17, 15) is 21.9 Å². The number of piperidine rings is 1. The van der Waals surface area contributed by atoms with Gasteiger partial charge in [-0.05, 0) is 75.4 Å². The highest BCUT2D eigenvalue weighted by atomic mass is 32.2. The minimum atomic E-state index is -3.62. The molecule has 1 aromatic heterocycles. The van der Waals surface area contributed by atoms with E-state index in [1.807, 2.05) is 12.2 Å². The smallest absolute Gasteiger partial charge is 0.244 e. The van der Waals surface area contributed by atoms with Crippen molar-refractivity contribution in [2.24, 2.45) is 0 Å². The molecule has 0 radical (unpaired) electrons. The molecule has 40 heavy (non-hydrogen) atoms. The van der Waals surface area contributed by atoms with Crippen LogP contribution in [0.25, 0.3) is 6.08 Å². The first-order valence-electron chi connectivity index (χ1n) is 13.7. The third-order valence-corrected chi connectivity index (χ3v) is 11.9. The Balaban J connectivity index is 1.08. The fraction of sp³-hybridized carbons (Fsp3) is 0.536. The average molecular weight is 592 g/mol. The maximum atomic E-state index is 13.2. The highest BCUT2D eigenvalue weighted by Gasteiger charge is 2.44. The van der Waals surface area contributed by atoms with Gasteiger partial charge in [-0.2, -0.15) is 4.31 Å². The second-order valence-corrected chi connectivity index (χ2v) is 15.5. The Hall–Kier alpha value is -2.35. The summed E-state index contributed by atoms with van der Waals surface area (Å²) in [7, 11) is -7.03. The Kier molecular flexibility index (Phi) is 8.38. The number of hydrogen-bond donors (Lipinski definition) is 2. The summed E-state index contributed by atoms with van der Waals surface area (Å²) in [6.45, 7) is 4.80. The Bertz CT molecular complexity index is 1470. The molecule has 2 fully saturated rings. The molecule has 5 rings (SSSR count). The number of ether oxygens (including phenoxy) is 2. The van der Waals surface area contributed by atoms with Crippen LogP contribution in [-0.2, 0) is 31.0 Å². The number of pyridine rings is 1. The molecule has 0 unspecified atom stereocenters. The van der Waals surface area contributed by atoms with Crippen LogP contribution in [0.1, 0.15) is 44.4 Å². The van der Waals surface area contributed by atoms with Gasteiger partial charge in [0.05, 0.1) is 28.0 Å². The predicted octanol–water partition coefficient (Wildman–Crippen LogP) is 2.17. The van der Waals surface area contributed by atoms with Crippen LogP contribution in [0, 0.1) is 0 Å². The molecule has 10 nitrogen and oxygen atoms in total. The zero-order valence-electron chi connectivity index (χ0n) is 22.8. The molecular formula is C28H37N3O7S2. The van der Waals surface area contributed by atoms with E-state index in [0.29, 0.717) is 44.7 Å². The number of fused-ring (bicyclic) bond motifs is 1. The number of sulfonamides is 1. The number of rotatable bonds is 10. The van der Waals surface area contributed by atoms with Gasteiger partial charge in [-0.15, -0.1) is 0 Å². The maximum absolute atomic E-state index is 13.2. The summed E-state index contributed by atoms with van der Waals surface area (Å²) in [6.07, 6.45) is 7.17. The van der Waals surface area contributed by atoms with Gasteiger partial charge in [0.15, 0.2) is 9.84 Å². The van der Waals surface area contributed by atoms with Crippen molar-refractivity contribution in [1.82, 2.24) is 14.6 Å². The van der Waals surface area contributed by atoms with Gasteiger partial charge < -0.3 is 19.9 Å². The van der Waals surface area contributed by atoms with Gasteiger partial charge in [0.2, 0.25) is 10.0 Å². The van der Waals surface area contributed by atoms with Gasteiger partial charge in [0.25, 0.3) is 0 Å². The van der Waals surface area contributed by atoms with Crippen LogP contribution < -0.4 is 10.1 Å². The zero-order valence-corrected chi connectivity index (χ0v) is 24.5. The van der Waals surface area contributed by atoms with Gasteiger partial charge in [0, 0.05) is 31.9 Å². The Morgan fingerprint density at radius 1 is 1.18 bits per heavy atom. The number of aliphatic hydroxyl groups is 1. The molecule has 1 spiro atoms. The summed E-state index contributed by atoms with van der Waals surface area (Å²) in [4.78, 5) is 4.74. The fourth-order valence-electron chi connectivity index (χ4n) is 5.43. The van der Waals surface area contributed by atoms with E-state index < -0.39 is 31.2 Å². The number of allylic oxidation sites excluding steroid dienone is 1. The molecule has 0 saturated carbocycles. The van der Waals surface area contributed by atoms with Crippen LogP contribution in [0.15, 0.2) is 52.4 Å². The first-order chi connectivity index (χ1) is 19.0. The van der Waals surface area contributed by atoms with E-state index in [0.717, 1.165) is 17.7 Å². The lowest BCUT2D eigenvalue weighted by molar-refractivity contribution is -0.0312. The van der Waals surface area contributed by atoms with Crippen LogP contribution >= 0.6 is 0 Å². The van der Waals surface area contributed by atoms with Crippen molar-refractivity contribution in [3.05, 3.63) is 53.9 Å². The first-order valence-corrected chi connectivity index (χ1v) is 16.6. The minimum Gasteiger partial charge on any atom is -0.491 e. The molecular weight excluding hydrogens is 554 g/mol. The van der Waals surface area contributed by atoms with E-state index in [1.165, 1.54) is 22.6 Å². The molecule has 2 N–H and O–H groups in total. The summed E-state index contributed by atoms with van der Waals surface area (Å²) in [5.41, 5.74) is 1.38. The van der Waals surface area contributed by atoms with Crippen molar-refractivity contribution >= 4 is 25.9 Å². The van der Waals surface area contributed by atoms with Crippen molar-refractivity contribution in [3.8, 4) is 5.75 Å². The molecule has 218 valence electrons. The molecule has 1 aromatic carbocycles. The molecule has 3 heterocycles. The highest BCUT2D eigenvalue weighted by molar-refractivity contribution is 7.92.